The molecular formula is C15H15NO3. The van der Waals surface area contributed by atoms with Gasteiger partial charge < -0.3 is 4.74 Å². The third kappa shape index (κ3) is 3.16. The van der Waals surface area contributed by atoms with E-state index in [0.29, 0.717) is 5.56 Å². The summed E-state index contributed by atoms with van der Waals surface area (Å²) in [4.78, 5) is 27.4. The zero-order valence-corrected chi connectivity index (χ0v) is 11.0. The molecule has 2 aromatic rings. The molecular weight excluding hydrogens is 242 g/mol. The number of aryl methyl sites for hydroxylation is 1. The maximum atomic E-state index is 11.9. The van der Waals surface area contributed by atoms with Crippen LogP contribution in [0, 0.1) is 6.92 Å². The number of aromatic nitrogens is 1. The molecule has 0 aliphatic carbocycles. The Morgan fingerprint density at radius 2 is 2.00 bits per heavy atom. The van der Waals surface area contributed by atoms with E-state index in [-0.39, 0.29) is 18.8 Å². The maximum Gasteiger partial charge on any atom is 0.313 e. The second kappa shape index (κ2) is 5.61. The van der Waals surface area contributed by atoms with Gasteiger partial charge in [0.2, 0.25) is 0 Å². The van der Waals surface area contributed by atoms with Crippen LogP contribution >= 0.6 is 0 Å². The van der Waals surface area contributed by atoms with Gasteiger partial charge in [-0.1, -0.05) is 12.1 Å². The standard InChI is InChI=1S/C15H15NO3/c1-3-19-15(18)8-14(17)11-4-5-12-9-16-10(2)6-13(12)7-11/h4-7,9H,3,8H2,1-2H3. The minimum Gasteiger partial charge on any atom is -0.466 e. The molecule has 4 nitrogen and oxygen atoms in total. The molecule has 0 atom stereocenters. The molecule has 0 amide bonds. The van der Waals surface area contributed by atoms with E-state index in [1.807, 2.05) is 19.1 Å². The average molecular weight is 257 g/mol. The van der Waals surface area contributed by atoms with E-state index in [4.69, 9.17) is 4.74 Å². The van der Waals surface area contributed by atoms with Crippen molar-refractivity contribution < 1.29 is 14.3 Å². The highest BCUT2D eigenvalue weighted by Gasteiger charge is 2.13. The van der Waals surface area contributed by atoms with Gasteiger partial charge in [0.25, 0.3) is 0 Å². The Labute approximate surface area is 111 Å². The summed E-state index contributed by atoms with van der Waals surface area (Å²) in [5, 5.41) is 1.92. The van der Waals surface area contributed by atoms with Gasteiger partial charge in [-0.3, -0.25) is 14.6 Å². The van der Waals surface area contributed by atoms with Crippen LogP contribution in [-0.2, 0) is 9.53 Å². The fraction of sp³-hybridized carbons (Fsp3) is 0.267. The molecule has 98 valence electrons. The van der Waals surface area contributed by atoms with Crippen molar-refractivity contribution in [2.24, 2.45) is 0 Å². The van der Waals surface area contributed by atoms with Crippen LogP contribution in [0.3, 0.4) is 0 Å². The molecule has 1 heterocycles. The highest BCUT2D eigenvalue weighted by molar-refractivity contribution is 6.07. The number of esters is 1. The minimum absolute atomic E-state index is 0.219. The molecule has 0 spiro atoms. The van der Waals surface area contributed by atoms with Gasteiger partial charge in [-0.25, -0.2) is 0 Å². The zero-order chi connectivity index (χ0) is 13.8. The van der Waals surface area contributed by atoms with E-state index in [2.05, 4.69) is 4.98 Å². The van der Waals surface area contributed by atoms with E-state index >= 15 is 0 Å². The van der Waals surface area contributed by atoms with Gasteiger partial charge in [0.1, 0.15) is 6.42 Å². The van der Waals surface area contributed by atoms with Crippen LogP contribution < -0.4 is 0 Å². The second-order valence-electron chi connectivity index (χ2n) is 4.29. The molecule has 0 fully saturated rings. The van der Waals surface area contributed by atoms with Crippen LogP contribution in [-0.4, -0.2) is 23.3 Å². The second-order valence-corrected chi connectivity index (χ2v) is 4.29. The summed E-state index contributed by atoms with van der Waals surface area (Å²) in [6.07, 6.45) is 1.55. The summed E-state index contributed by atoms with van der Waals surface area (Å²) in [5.74, 6) is -0.715. The lowest BCUT2D eigenvalue weighted by Crippen LogP contribution is -2.11. The number of benzene rings is 1. The molecule has 0 unspecified atom stereocenters. The number of carbonyl (C=O) groups excluding carboxylic acids is 2. The zero-order valence-electron chi connectivity index (χ0n) is 11.0. The fourth-order valence-electron chi connectivity index (χ4n) is 1.87. The summed E-state index contributed by atoms with van der Waals surface area (Å²) in [5.41, 5.74) is 1.41. The number of ketones is 1. The van der Waals surface area contributed by atoms with Gasteiger partial charge in [0.05, 0.1) is 6.61 Å². The maximum absolute atomic E-state index is 11.9. The van der Waals surface area contributed by atoms with E-state index in [9.17, 15) is 9.59 Å². The van der Waals surface area contributed by atoms with Crippen molar-refractivity contribution in [3.63, 3.8) is 0 Å². The molecule has 2 rings (SSSR count). The molecule has 0 bridgehead atoms. The van der Waals surface area contributed by atoms with Crippen molar-refractivity contribution in [3.05, 3.63) is 41.7 Å². The average Bonchev–Trinajstić information content (AvgIpc) is 2.38. The number of pyridine rings is 1. The van der Waals surface area contributed by atoms with E-state index in [1.54, 1.807) is 25.3 Å². The van der Waals surface area contributed by atoms with Gasteiger partial charge in [-0.2, -0.15) is 0 Å². The molecule has 0 radical (unpaired) electrons. The normalized spacial score (nSPS) is 10.4. The van der Waals surface area contributed by atoms with Gasteiger partial charge in [-0.05, 0) is 31.4 Å². The Morgan fingerprint density at radius 3 is 2.74 bits per heavy atom. The Kier molecular flexibility index (Phi) is 3.90. The summed E-state index contributed by atoms with van der Waals surface area (Å²) < 4.78 is 4.77. The monoisotopic (exact) mass is 257 g/mol. The largest absolute Gasteiger partial charge is 0.466 e. The highest BCUT2D eigenvalue weighted by atomic mass is 16.5. The van der Waals surface area contributed by atoms with E-state index in [0.717, 1.165) is 16.5 Å². The molecule has 0 N–H and O–H groups in total. The van der Waals surface area contributed by atoms with E-state index < -0.39 is 5.97 Å². The Bertz CT molecular complexity index is 634. The summed E-state index contributed by atoms with van der Waals surface area (Å²) >= 11 is 0. The Morgan fingerprint density at radius 1 is 1.21 bits per heavy atom. The lowest BCUT2D eigenvalue weighted by atomic mass is 10.0. The van der Waals surface area contributed by atoms with Crippen molar-refractivity contribution in [3.8, 4) is 0 Å². The molecule has 0 saturated heterocycles. The number of hydrogen-bond acceptors (Lipinski definition) is 4. The number of rotatable bonds is 4. The van der Waals surface area contributed by atoms with Crippen molar-refractivity contribution in [1.82, 2.24) is 4.98 Å². The van der Waals surface area contributed by atoms with Crippen molar-refractivity contribution in [2.45, 2.75) is 20.3 Å². The molecule has 1 aromatic carbocycles. The minimum atomic E-state index is -0.487. The number of hydrogen-bond donors (Lipinski definition) is 0. The van der Waals surface area contributed by atoms with Gasteiger partial charge in [0.15, 0.2) is 5.78 Å². The van der Waals surface area contributed by atoms with Crippen LogP contribution in [0.4, 0.5) is 0 Å². The van der Waals surface area contributed by atoms with Crippen molar-refractivity contribution >= 4 is 22.5 Å². The molecule has 0 aliphatic rings. The first-order valence-corrected chi connectivity index (χ1v) is 6.15. The Hall–Kier alpha value is -2.23. The van der Waals surface area contributed by atoms with Crippen LogP contribution in [0.15, 0.2) is 30.5 Å². The van der Waals surface area contributed by atoms with Crippen molar-refractivity contribution in [2.75, 3.05) is 6.61 Å². The van der Waals surface area contributed by atoms with Gasteiger partial charge >= 0.3 is 5.97 Å². The molecule has 4 heteroatoms. The van der Waals surface area contributed by atoms with Crippen LogP contribution in [0.2, 0.25) is 0 Å². The van der Waals surface area contributed by atoms with Crippen LogP contribution in [0.25, 0.3) is 10.8 Å². The first-order chi connectivity index (χ1) is 9.10. The Balaban J connectivity index is 2.25. The molecule has 19 heavy (non-hydrogen) atoms. The molecule has 0 aliphatic heterocycles. The van der Waals surface area contributed by atoms with Crippen LogP contribution in [0.5, 0.6) is 0 Å². The number of Topliss-reactive ketones (excluding diaryl/α,β-unsaturated/α-hetero) is 1. The van der Waals surface area contributed by atoms with Gasteiger partial charge in [-0.15, -0.1) is 0 Å². The van der Waals surface area contributed by atoms with E-state index in [1.165, 1.54) is 0 Å². The quantitative estimate of drug-likeness (QED) is 0.480. The lowest BCUT2D eigenvalue weighted by molar-refractivity contribution is -0.141. The third-order valence-electron chi connectivity index (χ3n) is 2.79. The number of nitrogens with zero attached hydrogens (tertiary/aromatic N) is 1. The summed E-state index contributed by atoms with van der Waals surface area (Å²) in [6.45, 7) is 3.90. The first-order valence-electron chi connectivity index (χ1n) is 6.15. The smallest absolute Gasteiger partial charge is 0.313 e. The summed E-state index contributed by atoms with van der Waals surface area (Å²) in [7, 11) is 0. The molecule has 0 saturated carbocycles. The fourth-order valence-corrected chi connectivity index (χ4v) is 1.87. The van der Waals surface area contributed by atoms with Gasteiger partial charge in [0, 0.05) is 22.8 Å². The number of ether oxygens (including phenoxy) is 1. The lowest BCUT2D eigenvalue weighted by Gasteiger charge is -2.04. The highest BCUT2D eigenvalue weighted by Crippen LogP contribution is 2.17. The predicted octanol–water partition coefficient (Wildman–Crippen LogP) is 2.68. The molecule has 1 aromatic heterocycles. The SMILES string of the molecule is CCOC(=O)CC(=O)c1ccc2cnc(C)cc2c1. The first kappa shape index (κ1) is 13.2. The summed E-state index contributed by atoms with van der Waals surface area (Å²) in [6, 6.07) is 7.24. The van der Waals surface area contributed by atoms with Crippen molar-refractivity contribution in [1.29, 1.82) is 0 Å². The number of fused-ring (bicyclic) bond motifs is 1. The third-order valence-corrected chi connectivity index (χ3v) is 2.79. The predicted molar refractivity (Wildman–Crippen MR) is 72.1 cm³/mol. The van der Waals surface area contributed by atoms with Crippen LogP contribution in [0.1, 0.15) is 29.4 Å². The number of carbonyl (C=O) groups is 2. The topological polar surface area (TPSA) is 56.3 Å².